The molecule has 1 amide bonds. The highest BCUT2D eigenvalue weighted by Gasteiger charge is 2.13. The van der Waals surface area contributed by atoms with Crippen molar-refractivity contribution in [3.05, 3.63) is 83.9 Å². The Bertz CT molecular complexity index is 926. The van der Waals surface area contributed by atoms with Gasteiger partial charge in [0.05, 0.1) is 14.2 Å². The Kier molecular flexibility index (Phi) is 7.11. The highest BCUT2D eigenvalue weighted by molar-refractivity contribution is 5.72. The number of nitrogens with one attached hydrogen (secondary N) is 1. The summed E-state index contributed by atoms with van der Waals surface area (Å²) in [5.41, 5.74) is 4.13. The molecule has 0 saturated carbocycles. The van der Waals surface area contributed by atoms with Crippen molar-refractivity contribution < 1.29 is 19.0 Å². The van der Waals surface area contributed by atoms with Gasteiger partial charge in [0, 0.05) is 6.54 Å². The van der Waals surface area contributed by atoms with Gasteiger partial charge in [-0.05, 0) is 40.8 Å². The first-order valence-corrected chi connectivity index (χ1v) is 9.46. The second kappa shape index (κ2) is 10.2. The van der Waals surface area contributed by atoms with Crippen LogP contribution in [0.4, 0.5) is 4.79 Å². The van der Waals surface area contributed by atoms with Crippen molar-refractivity contribution in [1.82, 2.24) is 5.32 Å². The van der Waals surface area contributed by atoms with E-state index in [9.17, 15) is 4.79 Å². The average Bonchev–Trinajstić information content (AvgIpc) is 2.78. The molecular weight excluding hydrogens is 366 g/mol. The van der Waals surface area contributed by atoms with Crippen molar-refractivity contribution in [3.8, 4) is 22.6 Å². The topological polar surface area (TPSA) is 56.8 Å². The fourth-order valence-electron chi connectivity index (χ4n) is 3.09. The minimum absolute atomic E-state index is 0.248. The monoisotopic (exact) mass is 391 g/mol. The fraction of sp³-hybridized carbons (Fsp3) is 0.208. The van der Waals surface area contributed by atoms with Gasteiger partial charge in [-0.3, -0.25) is 0 Å². The Morgan fingerprint density at radius 2 is 1.48 bits per heavy atom. The van der Waals surface area contributed by atoms with Gasteiger partial charge in [-0.2, -0.15) is 0 Å². The van der Waals surface area contributed by atoms with Crippen LogP contribution in [0.15, 0.2) is 72.8 Å². The van der Waals surface area contributed by atoms with Crippen LogP contribution >= 0.6 is 0 Å². The SMILES string of the molecule is COc1cc(CCNC(=O)OCc2ccccc2)c(-c2ccccc2)cc1OC. The van der Waals surface area contributed by atoms with Crippen molar-refractivity contribution in [2.24, 2.45) is 0 Å². The molecule has 3 aromatic carbocycles. The van der Waals surface area contributed by atoms with Crippen LogP contribution in [0.1, 0.15) is 11.1 Å². The van der Waals surface area contributed by atoms with Crippen molar-refractivity contribution in [2.45, 2.75) is 13.0 Å². The van der Waals surface area contributed by atoms with Gasteiger partial charge in [0.2, 0.25) is 0 Å². The molecule has 3 aromatic rings. The molecule has 0 saturated heterocycles. The van der Waals surface area contributed by atoms with E-state index < -0.39 is 6.09 Å². The van der Waals surface area contributed by atoms with Crippen molar-refractivity contribution in [2.75, 3.05) is 20.8 Å². The van der Waals surface area contributed by atoms with Crippen LogP contribution in [0.2, 0.25) is 0 Å². The van der Waals surface area contributed by atoms with Gasteiger partial charge < -0.3 is 19.5 Å². The maximum Gasteiger partial charge on any atom is 0.407 e. The number of carbonyl (C=O) groups is 1. The minimum Gasteiger partial charge on any atom is -0.493 e. The molecule has 0 fully saturated rings. The normalized spacial score (nSPS) is 10.3. The molecule has 0 atom stereocenters. The lowest BCUT2D eigenvalue weighted by molar-refractivity contribution is 0.140. The Hall–Kier alpha value is -3.47. The molecular formula is C24H25NO4. The van der Waals surface area contributed by atoms with Crippen molar-refractivity contribution in [1.29, 1.82) is 0 Å². The number of ether oxygens (including phenoxy) is 3. The highest BCUT2D eigenvalue weighted by Crippen LogP contribution is 2.35. The van der Waals surface area contributed by atoms with Gasteiger partial charge in [-0.1, -0.05) is 60.7 Å². The van der Waals surface area contributed by atoms with Crippen LogP contribution in [0.5, 0.6) is 11.5 Å². The number of amides is 1. The zero-order chi connectivity index (χ0) is 20.5. The van der Waals surface area contributed by atoms with Crippen molar-refractivity contribution in [3.63, 3.8) is 0 Å². The van der Waals surface area contributed by atoms with Crippen LogP contribution in [-0.2, 0) is 17.8 Å². The Balaban J connectivity index is 1.67. The standard InChI is InChI=1S/C24H25NO4/c1-27-22-15-20(21(16-23(22)28-2)19-11-7-4-8-12-19)13-14-25-24(26)29-17-18-9-5-3-6-10-18/h3-12,15-16H,13-14,17H2,1-2H3,(H,25,26). The number of methoxy groups -OCH3 is 2. The smallest absolute Gasteiger partial charge is 0.407 e. The zero-order valence-electron chi connectivity index (χ0n) is 16.7. The van der Waals surface area contributed by atoms with E-state index in [0.29, 0.717) is 24.5 Å². The van der Waals surface area contributed by atoms with Crippen LogP contribution in [-0.4, -0.2) is 26.9 Å². The molecule has 0 radical (unpaired) electrons. The maximum absolute atomic E-state index is 12.0. The molecule has 5 nitrogen and oxygen atoms in total. The van der Waals surface area contributed by atoms with Crippen LogP contribution in [0.3, 0.4) is 0 Å². The van der Waals surface area contributed by atoms with E-state index in [1.54, 1.807) is 14.2 Å². The predicted octanol–water partition coefficient (Wildman–Crippen LogP) is 4.84. The van der Waals surface area contributed by atoms with E-state index in [-0.39, 0.29) is 6.61 Å². The average molecular weight is 391 g/mol. The lowest BCUT2D eigenvalue weighted by atomic mass is 9.96. The van der Waals surface area contributed by atoms with E-state index in [1.165, 1.54) is 0 Å². The molecule has 0 aliphatic rings. The third-order valence-corrected chi connectivity index (χ3v) is 4.57. The second-order valence-electron chi connectivity index (χ2n) is 6.47. The first kappa shape index (κ1) is 20.3. The molecule has 0 heterocycles. The van der Waals surface area contributed by atoms with Crippen LogP contribution in [0, 0.1) is 0 Å². The fourth-order valence-corrected chi connectivity index (χ4v) is 3.09. The first-order chi connectivity index (χ1) is 14.2. The molecule has 0 aromatic heterocycles. The predicted molar refractivity (Wildman–Crippen MR) is 113 cm³/mol. The van der Waals surface area contributed by atoms with Gasteiger partial charge in [-0.15, -0.1) is 0 Å². The Morgan fingerprint density at radius 3 is 2.14 bits per heavy atom. The molecule has 1 N–H and O–H groups in total. The lowest BCUT2D eigenvalue weighted by Crippen LogP contribution is -2.26. The molecule has 3 rings (SSSR count). The van der Waals surface area contributed by atoms with Crippen LogP contribution < -0.4 is 14.8 Å². The molecule has 0 unspecified atom stereocenters. The highest BCUT2D eigenvalue weighted by atomic mass is 16.5. The van der Waals surface area contributed by atoms with Crippen molar-refractivity contribution >= 4 is 6.09 Å². The van der Waals surface area contributed by atoms with E-state index in [1.807, 2.05) is 72.8 Å². The summed E-state index contributed by atoms with van der Waals surface area (Å²) in [5.74, 6) is 1.33. The Morgan fingerprint density at radius 1 is 0.862 bits per heavy atom. The molecule has 0 aliphatic heterocycles. The van der Waals surface area contributed by atoms with E-state index in [2.05, 4.69) is 5.32 Å². The molecule has 0 bridgehead atoms. The number of carbonyl (C=O) groups excluding carboxylic acids is 1. The van der Waals surface area contributed by atoms with Gasteiger partial charge in [-0.25, -0.2) is 4.79 Å². The molecule has 150 valence electrons. The quantitative estimate of drug-likeness (QED) is 0.597. The number of hydrogen-bond acceptors (Lipinski definition) is 4. The van der Waals surface area contributed by atoms with E-state index >= 15 is 0 Å². The van der Waals surface area contributed by atoms with E-state index in [4.69, 9.17) is 14.2 Å². The number of hydrogen-bond donors (Lipinski definition) is 1. The first-order valence-electron chi connectivity index (χ1n) is 9.46. The third-order valence-electron chi connectivity index (χ3n) is 4.57. The van der Waals surface area contributed by atoms with Gasteiger partial charge >= 0.3 is 6.09 Å². The summed E-state index contributed by atoms with van der Waals surface area (Å²) in [6.07, 6.45) is 0.195. The van der Waals surface area contributed by atoms with Gasteiger partial charge in [0.15, 0.2) is 11.5 Å². The summed E-state index contributed by atoms with van der Waals surface area (Å²) in [6, 6.07) is 23.6. The third kappa shape index (κ3) is 5.51. The summed E-state index contributed by atoms with van der Waals surface area (Å²) in [4.78, 5) is 12.0. The summed E-state index contributed by atoms with van der Waals surface area (Å²) >= 11 is 0. The lowest BCUT2D eigenvalue weighted by Gasteiger charge is -2.16. The minimum atomic E-state index is -0.435. The second-order valence-corrected chi connectivity index (χ2v) is 6.47. The Labute approximate surface area is 171 Å². The molecule has 5 heteroatoms. The largest absolute Gasteiger partial charge is 0.493 e. The molecule has 0 aliphatic carbocycles. The summed E-state index contributed by atoms with van der Waals surface area (Å²) in [5, 5.41) is 2.81. The summed E-state index contributed by atoms with van der Waals surface area (Å²) in [7, 11) is 3.24. The summed E-state index contributed by atoms with van der Waals surface area (Å²) in [6.45, 7) is 0.696. The number of benzene rings is 3. The number of alkyl carbamates (subject to hydrolysis) is 1. The molecule has 29 heavy (non-hydrogen) atoms. The number of rotatable bonds is 8. The molecule has 0 spiro atoms. The van der Waals surface area contributed by atoms with Gasteiger partial charge in [0.1, 0.15) is 6.61 Å². The van der Waals surface area contributed by atoms with Gasteiger partial charge in [0.25, 0.3) is 0 Å². The maximum atomic E-state index is 12.0. The van der Waals surface area contributed by atoms with Crippen LogP contribution in [0.25, 0.3) is 11.1 Å². The zero-order valence-corrected chi connectivity index (χ0v) is 16.7. The summed E-state index contributed by atoms with van der Waals surface area (Å²) < 4.78 is 16.2. The van der Waals surface area contributed by atoms with E-state index in [0.717, 1.165) is 22.3 Å².